The predicted octanol–water partition coefficient (Wildman–Crippen LogP) is 15.4. The molecule has 4 aliphatic rings. The maximum atomic E-state index is 2.68. The van der Waals surface area contributed by atoms with E-state index in [-0.39, 0.29) is 28.4 Å². The number of rotatable bonds is 4. The van der Waals surface area contributed by atoms with E-state index in [1.807, 2.05) is 0 Å². The molecule has 0 fully saturated rings. The Hall–Kier alpha value is -6.58. The first kappa shape index (κ1) is 41.8. The van der Waals surface area contributed by atoms with Crippen LogP contribution in [0.2, 0.25) is 0 Å². The molecule has 12 rings (SSSR count). The minimum Gasteiger partial charge on any atom is -0.311 e. The van der Waals surface area contributed by atoms with Gasteiger partial charge in [-0.3, -0.25) is 0 Å². The van der Waals surface area contributed by atoms with E-state index < -0.39 is 0 Å². The van der Waals surface area contributed by atoms with Crippen molar-refractivity contribution in [2.45, 2.75) is 104 Å². The number of hydrogen-bond acceptors (Lipinski definition) is 2. The van der Waals surface area contributed by atoms with Crippen molar-refractivity contribution >= 4 is 57.2 Å². The highest BCUT2D eigenvalue weighted by Gasteiger charge is 2.48. The van der Waals surface area contributed by atoms with Crippen molar-refractivity contribution in [1.29, 1.82) is 0 Å². The van der Waals surface area contributed by atoms with Crippen molar-refractivity contribution in [2.24, 2.45) is 0 Å². The number of fused-ring (bicyclic) bond motifs is 8. The highest BCUT2D eigenvalue weighted by molar-refractivity contribution is 7.00. The summed E-state index contributed by atoms with van der Waals surface area (Å²) in [6.07, 6.45) is 2.32. The monoisotopic (exact) mass is 868 g/mol. The second kappa shape index (κ2) is 14.5. The smallest absolute Gasteiger partial charge is 0.252 e. The van der Waals surface area contributed by atoms with Crippen LogP contribution >= 0.6 is 0 Å². The quantitative estimate of drug-likeness (QED) is 0.163. The SMILES string of the molecule is Cc1cc(C(C)(C)C)ccc1N1c2cc3c(cc2B2c4cc5c(cc4N(c4ccccc4-c4ccccc4)c4cc(-c6ccccc6)cc1c42)-c1ccccc1C5(C)C)C(C)(C)CCC3(C)C. The Morgan fingerprint density at radius 3 is 1.60 bits per heavy atom. The molecule has 0 aromatic heterocycles. The third-order valence-corrected chi connectivity index (χ3v) is 16.4. The Bertz CT molecular complexity index is 3330. The van der Waals surface area contributed by atoms with Gasteiger partial charge in [-0.2, -0.15) is 0 Å². The summed E-state index contributed by atoms with van der Waals surface area (Å²) >= 11 is 0. The third kappa shape index (κ3) is 6.23. The molecular weight excluding hydrogens is 808 g/mol. The summed E-state index contributed by atoms with van der Waals surface area (Å²) in [6, 6.07) is 63.1. The fourth-order valence-corrected chi connectivity index (χ4v) is 12.5. The van der Waals surface area contributed by atoms with Gasteiger partial charge in [-0.05, 0) is 150 Å². The van der Waals surface area contributed by atoms with Crippen LogP contribution in [0.15, 0.2) is 164 Å². The lowest BCUT2D eigenvalue weighted by Crippen LogP contribution is -2.62. The van der Waals surface area contributed by atoms with E-state index in [9.17, 15) is 0 Å². The van der Waals surface area contributed by atoms with Gasteiger partial charge in [0.25, 0.3) is 6.71 Å². The minimum absolute atomic E-state index is 0.0127. The van der Waals surface area contributed by atoms with Gasteiger partial charge in [-0.15, -0.1) is 0 Å². The van der Waals surface area contributed by atoms with Gasteiger partial charge in [-0.1, -0.05) is 190 Å². The van der Waals surface area contributed by atoms with Crippen molar-refractivity contribution in [3.8, 4) is 33.4 Å². The molecule has 67 heavy (non-hydrogen) atoms. The van der Waals surface area contributed by atoms with Gasteiger partial charge in [0, 0.05) is 39.4 Å². The fraction of sp³-hybridized carbons (Fsp3) is 0.250. The number of hydrogen-bond donors (Lipinski definition) is 0. The Kier molecular flexibility index (Phi) is 9.03. The third-order valence-electron chi connectivity index (χ3n) is 16.4. The molecule has 0 bridgehead atoms. The summed E-state index contributed by atoms with van der Waals surface area (Å²) in [4.78, 5) is 5.33. The fourth-order valence-electron chi connectivity index (χ4n) is 12.5. The summed E-state index contributed by atoms with van der Waals surface area (Å²) in [6.45, 7) is 24.1. The Balaban J connectivity index is 1.26. The van der Waals surface area contributed by atoms with Gasteiger partial charge >= 0.3 is 0 Å². The van der Waals surface area contributed by atoms with Gasteiger partial charge in [0.05, 0.1) is 5.69 Å². The molecule has 0 amide bonds. The van der Waals surface area contributed by atoms with E-state index in [1.165, 1.54) is 117 Å². The number of anilines is 6. The normalized spacial score (nSPS) is 16.7. The van der Waals surface area contributed by atoms with E-state index in [0.717, 1.165) is 12.8 Å². The van der Waals surface area contributed by atoms with Crippen LogP contribution in [0.1, 0.15) is 109 Å². The van der Waals surface area contributed by atoms with Crippen LogP contribution < -0.4 is 26.2 Å². The van der Waals surface area contributed by atoms with Crippen LogP contribution in [0, 0.1) is 6.92 Å². The molecule has 2 aliphatic heterocycles. The molecule has 330 valence electrons. The minimum atomic E-state index is -0.161. The van der Waals surface area contributed by atoms with Crippen LogP contribution in [0.3, 0.4) is 0 Å². The Morgan fingerprint density at radius 1 is 0.418 bits per heavy atom. The zero-order chi connectivity index (χ0) is 46.4. The van der Waals surface area contributed by atoms with E-state index >= 15 is 0 Å². The van der Waals surface area contributed by atoms with E-state index in [0.29, 0.717) is 0 Å². The average Bonchev–Trinajstić information content (AvgIpc) is 3.54. The van der Waals surface area contributed by atoms with Gasteiger partial charge in [0.2, 0.25) is 0 Å². The van der Waals surface area contributed by atoms with Gasteiger partial charge < -0.3 is 9.80 Å². The van der Waals surface area contributed by atoms with E-state index in [4.69, 9.17) is 0 Å². The van der Waals surface area contributed by atoms with Crippen LogP contribution in [-0.4, -0.2) is 6.71 Å². The topological polar surface area (TPSA) is 6.48 Å². The maximum Gasteiger partial charge on any atom is 0.252 e. The molecule has 3 heteroatoms. The van der Waals surface area contributed by atoms with Gasteiger partial charge in [-0.25, -0.2) is 0 Å². The van der Waals surface area contributed by atoms with Crippen molar-refractivity contribution < 1.29 is 0 Å². The number of benzene rings is 8. The van der Waals surface area contributed by atoms with Gasteiger partial charge in [0.15, 0.2) is 0 Å². The van der Waals surface area contributed by atoms with E-state index in [2.05, 4.69) is 243 Å². The van der Waals surface area contributed by atoms with E-state index in [1.54, 1.807) is 0 Å². The number of nitrogens with zero attached hydrogens (tertiary/aromatic N) is 2. The molecule has 0 N–H and O–H groups in total. The van der Waals surface area contributed by atoms with Crippen LogP contribution in [0.4, 0.5) is 34.1 Å². The lowest BCUT2D eigenvalue weighted by atomic mass is 9.32. The molecule has 0 saturated heterocycles. The summed E-state index contributed by atoms with van der Waals surface area (Å²) in [5.74, 6) is 0. The van der Waals surface area contributed by atoms with Crippen molar-refractivity contribution in [3.63, 3.8) is 0 Å². The first-order valence-electron chi connectivity index (χ1n) is 24.6. The van der Waals surface area contributed by atoms with Gasteiger partial charge in [0.1, 0.15) is 0 Å². The predicted molar refractivity (Wildman–Crippen MR) is 288 cm³/mol. The lowest BCUT2D eigenvalue weighted by molar-refractivity contribution is 0.332. The summed E-state index contributed by atoms with van der Waals surface area (Å²) < 4.78 is 0. The molecule has 2 nitrogen and oxygen atoms in total. The molecule has 0 spiro atoms. The summed E-state index contributed by atoms with van der Waals surface area (Å²) in [5, 5.41) is 0. The maximum absolute atomic E-state index is 2.68. The molecule has 0 saturated carbocycles. The largest absolute Gasteiger partial charge is 0.311 e. The Labute approximate surface area is 399 Å². The first-order valence-corrected chi connectivity index (χ1v) is 24.6. The standard InChI is InChI=1S/C64H61BN2/c1-40-33-44(61(2,3)4)29-30-54(40)66-57-39-51-50(62(5,6)31-32-63(51,7)8)38-53(57)65-52-37-49-47(46-26-17-19-27-48(46)64(49,9)10)36-56(52)67(55-28-20-18-25-45(55)42-23-15-12-16-24-42)59-35-43(34-58(66)60(59)65)41-21-13-11-14-22-41/h11-30,33-39H,31-32H2,1-10H3. The number of para-hydroxylation sites is 1. The second-order valence-corrected chi connectivity index (χ2v) is 22.9. The lowest BCUT2D eigenvalue weighted by Gasteiger charge is -2.48. The summed E-state index contributed by atoms with van der Waals surface area (Å²) in [5.41, 5.74) is 27.5. The van der Waals surface area contributed by atoms with Crippen LogP contribution in [0.25, 0.3) is 33.4 Å². The second-order valence-electron chi connectivity index (χ2n) is 22.9. The van der Waals surface area contributed by atoms with Crippen molar-refractivity contribution in [2.75, 3.05) is 9.80 Å². The highest BCUT2D eigenvalue weighted by atomic mass is 15.2. The molecular formula is C64H61BN2. The molecule has 8 aromatic rings. The zero-order valence-electron chi connectivity index (χ0n) is 41.0. The Morgan fingerprint density at radius 2 is 0.955 bits per heavy atom. The number of aryl methyl sites for hydroxylation is 1. The molecule has 0 radical (unpaired) electrons. The molecule has 8 aromatic carbocycles. The molecule has 2 aliphatic carbocycles. The average molecular weight is 869 g/mol. The van der Waals surface area contributed by atoms with Crippen molar-refractivity contribution in [3.05, 3.63) is 197 Å². The first-order chi connectivity index (χ1) is 32.0. The molecule has 0 unspecified atom stereocenters. The van der Waals surface area contributed by atoms with Crippen LogP contribution in [-0.2, 0) is 21.7 Å². The zero-order valence-corrected chi connectivity index (χ0v) is 41.0. The highest BCUT2D eigenvalue weighted by Crippen LogP contribution is 2.55. The van der Waals surface area contributed by atoms with Crippen LogP contribution in [0.5, 0.6) is 0 Å². The molecule has 2 heterocycles. The summed E-state index contributed by atoms with van der Waals surface area (Å²) in [7, 11) is 0. The molecule has 0 atom stereocenters. The van der Waals surface area contributed by atoms with Crippen molar-refractivity contribution in [1.82, 2.24) is 0 Å².